The molecule has 2 unspecified atom stereocenters. The molecule has 31 heavy (non-hydrogen) atoms. The zero-order chi connectivity index (χ0) is 20.9. The average molecular weight is 549 g/mol. The van der Waals surface area contributed by atoms with Gasteiger partial charge in [-0.3, -0.25) is 0 Å². The minimum atomic E-state index is -1.91. The first-order valence-electron chi connectivity index (χ1n) is 10.8. The zero-order valence-electron chi connectivity index (χ0n) is 19.7. The number of hydrogen-bond acceptors (Lipinski definition) is 0. The normalized spacial score (nSPS) is 19.5. The Morgan fingerprint density at radius 1 is 0.806 bits per heavy atom. The monoisotopic (exact) mass is 546 g/mol. The standard InChI is InChI=1S/C16H13.C9H13.C2H6Si.2ClH.Zr/c1-12-6-5-9-14-10-11-15(16(12)14)13-7-3-2-4-8-13;1-6-5-7(2)9(4)8(6)3;1-3-2;;;/h2-11H,1H3;6H,1-4H3;1-2H3;2*1H;. The van der Waals surface area contributed by atoms with Crippen LogP contribution in [-0.2, 0) is 20.4 Å². The van der Waals surface area contributed by atoms with E-state index in [1.165, 1.54) is 22.3 Å². The van der Waals surface area contributed by atoms with Gasteiger partial charge in [-0.05, 0) is 0 Å². The van der Waals surface area contributed by atoms with E-state index >= 15 is 0 Å². The summed E-state index contributed by atoms with van der Waals surface area (Å²) in [5.41, 5.74) is 11.9. The fraction of sp³-hybridized carbons (Fsp3) is 0.333. The van der Waals surface area contributed by atoms with E-state index < -0.39 is 20.4 Å². The molecule has 0 amide bonds. The number of halogens is 2. The quantitative estimate of drug-likeness (QED) is 0.338. The van der Waals surface area contributed by atoms with E-state index in [-0.39, 0.29) is 30.2 Å². The van der Waals surface area contributed by atoms with Crippen molar-refractivity contribution < 1.29 is 20.4 Å². The zero-order valence-corrected chi connectivity index (χ0v) is 24.8. The van der Waals surface area contributed by atoms with Crippen molar-refractivity contribution in [3.63, 3.8) is 0 Å². The van der Waals surface area contributed by atoms with Gasteiger partial charge in [0, 0.05) is 0 Å². The molecule has 0 heterocycles. The maximum atomic E-state index is 2.69. The van der Waals surface area contributed by atoms with Crippen LogP contribution in [0.1, 0.15) is 53.6 Å². The molecule has 2 aliphatic carbocycles. The SMILES string of the molecule is CC1=C(C)C(C)[C]([Zr]([CH]2C=C(c3ccccc3)c3c(C)cccc32)=[Si](C)C)=C1C.Cl.Cl. The third kappa shape index (κ3) is 4.56. The van der Waals surface area contributed by atoms with Crippen LogP contribution in [0.5, 0.6) is 0 Å². The number of benzene rings is 2. The Kier molecular flexibility index (Phi) is 9.02. The Labute approximate surface area is 209 Å². The van der Waals surface area contributed by atoms with Gasteiger partial charge < -0.3 is 0 Å². The van der Waals surface area contributed by atoms with Crippen molar-refractivity contribution in [2.45, 2.75) is 51.3 Å². The van der Waals surface area contributed by atoms with Crippen molar-refractivity contribution in [2.24, 2.45) is 5.92 Å². The summed E-state index contributed by atoms with van der Waals surface area (Å²) < 4.78 is 2.59. The van der Waals surface area contributed by atoms with Gasteiger partial charge in [-0.25, -0.2) is 0 Å². The first-order chi connectivity index (χ1) is 13.8. The topological polar surface area (TPSA) is 0 Å². The van der Waals surface area contributed by atoms with Gasteiger partial charge in [0.2, 0.25) is 0 Å². The summed E-state index contributed by atoms with van der Waals surface area (Å²) >= 11 is -1.91. The minimum Gasteiger partial charge on any atom is -0.147 e. The first-order valence-corrected chi connectivity index (χ1v) is 19.6. The third-order valence-corrected chi connectivity index (χ3v) is 25.7. The minimum absolute atomic E-state index is 0. The molecule has 0 aromatic heterocycles. The van der Waals surface area contributed by atoms with E-state index in [4.69, 9.17) is 0 Å². The van der Waals surface area contributed by atoms with Gasteiger partial charge in [-0.1, -0.05) is 0 Å². The Morgan fingerprint density at radius 2 is 1.45 bits per heavy atom. The fourth-order valence-corrected chi connectivity index (χ4v) is 25.0. The van der Waals surface area contributed by atoms with E-state index in [1.807, 2.05) is 3.28 Å². The Bertz CT molecular complexity index is 1120. The molecule has 0 radical (unpaired) electrons. The van der Waals surface area contributed by atoms with Crippen LogP contribution in [-0.4, -0.2) is 5.43 Å². The number of rotatable bonds is 3. The van der Waals surface area contributed by atoms with Gasteiger partial charge in [-0.2, -0.15) is 0 Å². The van der Waals surface area contributed by atoms with E-state index in [2.05, 4.69) is 102 Å². The molecular weight excluding hydrogens is 515 g/mol. The summed E-state index contributed by atoms with van der Waals surface area (Å²) in [5, 5.41) is 0. The molecule has 0 aliphatic heterocycles. The van der Waals surface area contributed by atoms with Crippen LogP contribution in [0.3, 0.4) is 0 Å². The van der Waals surface area contributed by atoms with Gasteiger partial charge >= 0.3 is 185 Å². The van der Waals surface area contributed by atoms with Gasteiger partial charge in [0.25, 0.3) is 0 Å². The van der Waals surface area contributed by atoms with Crippen LogP contribution in [0.4, 0.5) is 0 Å². The molecule has 0 N–H and O–H groups in total. The van der Waals surface area contributed by atoms with Crippen molar-refractivity contribution in [3.05, 3.63) is 96.9 Å². The van der Waals surface area contributed by atoms with Crippen LogP contribution in [0, 0.1) is 12.8 Å². The molecule has 0 bridgehead atoms. The van der Waals surface area contributed by atoms with Gasteiger partial charge in [0.15, 0.2) is 0 Å². The second-order valence-corrected chi connectivity index (χ2v) is 26.4. The van der Waals surface area contributed by atoms with Gasteiger partial charge in [0.1, 0.15) is 0 Å². The predicted molar refractivity (Wildman–Crippen MR) is 140 cm³/mol. The van der Waals surface area contributed by atoms with Crippen LogP contribution < -0.4 is 0 Å². The molecule has 0 nitrogen and oxygen atoms in total. The second kappa shape index (κ2) is 10.5. The molecule has 164 valence electrons. The van der Waals surface area contributed by atoms with E-state index in [0.29, 0.717) is 9.54 Å². The van der Waals surface area contributed by atoms with Crippen LogP contribution >= 0.6 is 24.8 Å². The van der Waals surface area contributed by atoms with Gasteiger partial charge in [0.05, 0.1) is 0 Å². The maximum absolute atomic E-state index is 2.69. The number of aryl methyl sites for hydroxylation is 1. The number of fused-ring (bicyclic) bond motifs is 1. The van der Waals surface area contributed by atoms with E-state index in [0.717, 1.165) is 0 Å². The molecule has 2 atom stereocenters. The molecule has 2 aromatic carbocycles. The van der Waals surface area contributed by atoms with Crippen LogP contribution in [0.2, 0.25) is 13.1 Å². The average Bonchev–Trinajstić information content (AvgIpc) is 3.18. The summed E-state index contributed by atoms with van der Waals surface area (Å²) in [6, 6.07) is 18.1. The molecule has 0 spiro atoms. The number of allylic oxidation sites excluding steroid dienone is 5. The van der Waals surface area contributed by atoms with Crippen LogP contribution in [0.25, 0.3) is 5.57 Å². The van der Waals surface area contributed by atoms with Crippen molar-refractivity contribution in [3.8, 4) is 0 Å². The summed E-state index contributed by atoms with van der Waals surface area (Å²) in [4.78, 5) is 0. The van der Waals surface area contributed by atoms with Gasteiger partial charge in [-0.15, -0.1) is 24.8 Å². The van der Waals surface area contributed by atoms with Crippen molar-refractivity contribution in [1.29, 1.82) is 0 Å². The molecule has 0 fully saturated rings. The summed E-state index contributed by atoms with van der Waals surface area (Å²) in [5.74, 6) is 0.659. The largest absolute Gasteiger partial charge is 0.147 e. The summed E-state index contributed by atoms with van der Waals surface area (Å²) in [6.07, 6.45) is 2.69. The Hall–Kier alpha value is -0.660. The Morgan fingerprint density at radius 3 is 2.00 bits per heavy atom. The van der Waals surface area contributed by atoms with Crippen LogP contribution in [0.15, 0.2) is 74.6 Å². The van der Waals surface area contributed by atoms with E-state index in [1.54, 1.807) is 22.3 Å². The van der Waals surface area contributed by atoms with Crippen molar-refractivity contribution in [1.82, 2.24) is 0 Å². The summed E-state index contributed by atoms with van der Waals surface area (Å²) in [7, 11) is 0. The summed E-state index contributed by atoms with van der Waals surface area (Å²) in [6.45, 7) is 17.1. The van der Waals surface area contributed by atoms with E-state index in [9.17, 15) is 0 Å². The van der Waals surface area contributed by atoms with Crippen molar-refractivity contribution >= 4 is 35.8 Å². The van der Waals surface area contributed by atoms with Crippen molar-refractivity contribution in [2.75, 3.05) is 0 Å². The first kappa shape index (κ1) is 26.6. The smallest absolute Gasteiger partial charge is 0.147 e. The molecule has 4 rings (SSSR count). The molecule has 0 saturated heterocycles. The second-order valence-electron chi connectivity index (χ2n) is 8.95. The molecule has 2 aliphatic rings. The molecule has 2 aromatic rings. The molecular formula is C27H34Cl2SiZr. The third-order valence-electron chi connectivity index (χ3n) is 7.11. The fourth-order valence-electron chi connectivity index (χ4n) is 5.30. The Balaban J connectivity index is 0.00000171. The maximum Gasteiger partial charge on any atom is -0.147 e. The predicted octanol–water partition coefficient (Wildman–Crippen LogP) is 8.45. The molecule has 4 heteroatoms. The molecule has 0 saturated carbocycles. The number of hydrogen-bond donors (Lipinski definition) is 0.